The molecule has 1 N–H and O–H groups in total. The molecule has 0 saturated carbocycles. The highest BCUT2D eigenvalue weighted by atomic mass is 79.9. The van der Waals surface area contributed by atoms with Crippen molar-refractivity contribution in [2.24, 2.45) is 0 Å². The van der Waals surface area contributed by atoms with Gasteiger partial charge in [-0.3, -0.25) is 14.9 Å². The van der Waals surface area contributed by atoms with Crippen LogP contribution >= 0.6 is 15.9 Å². The summed E-state index contributed by atoms with van der Waals surface area (Å²) in [6.45, 7) is 1.65. The third kappa shape index (κ3) is 3.22. The summed E-state index contributed by atoms with van der Waals surface area (Å²) in [6, 6.07) is 0.609. The molecule has 98 valence electrons. The van der Waals surface area contributed by atoms with Crippen molar-refractivity contribution in [3.05, 3.63) is 39.4 Å². The number of nitrogens with zero attached hydrogens (tertiary/aromatic N) is 1. The van der Waals surface area contributed by atoms with Crippen molar-refractivity contribution in [2.75, 3.05) is 5.33 Å². The molecule has 8 heteroatoms. The highest BCUT2D eigenvalue weighted by molar-refractivity contribution is 9.09. The molecule has 0 heterocycles. The fourth-order valence-electron chi connectivity index (χ4n) is 1.21. The minimum absolute atomic E-state index is 0.301. The Balaban J connectivity index is 3.18. The summed E-state index contributed by atoms with van der Waals surface area (Å²) < 4.78 is 25.9. The van der Waals surface area contributed by atoms with Crippen LogP contribution in [-0.2, 0) is 0 Å². The number of carbonyl (C=O) groups excluding carboxylic acids is 1. The molecule has 0 aliphatic carbocycles. The largest absolute Gasteiger partial charge is 0.349 e. The van der Waals surface area contributed by atoms with Crippen LogP contribution in [0.1, 0.15) is 17.3 Å². The molecule has 0 saturated heterocycles. The van der Waals surface area contributed by atoms with Crippen LogP contribution in [-0.4, -0.2) is 22.2 Å². The number of nitrogens with one attached hydrogen (secondary N) is 1. The van der Waals surface area contributed by atoms with E-state index in [0.29, 0.717) is 17.5 Å². The smallest absolute Gasteiger partial charge is 0.285 e. The van der Waals surface area contributed by atoms with E-state index in [0.717, 1.165) is 0 Å². The molecule has 0 fully saturated rings. The zero-order valence-corrected chi connectivity index (χ0v) is 10.8. The van der Waals surface area contributed by atoms with Crippen LogP contribution in [0.3, 0.4) is 0 Å². The summed E-state index contributed by atoms with van der Waals surface area (Å²) in [5.74, 6) is -3.50. The lowest BCUT2D eigenvalue weighted by Gasteiger charge is -2.10. The minimum Gasteiger partial charge on any atom is -0.349 e. The Kier molecular flexibility index (Phi) is 4.71. The Morgan fingerprint density at radius 3 is 2.56 bits per heavy atom. The van der Waals surface area contributed by atoms with Crippen LogP contribution in [0.25, 0.3) is 0 Å². The summed E-state index contributed by atoms with van der Waals surface area (Å²) in [7, 11) is 0. The van der Waals surface area contributed by atoms with Gasteiger partial charge in [-0.05, 0) is 13.0 Å². The van der Waals surface area contributed by atoms with Gasteiger partial charge >= 0.3 is 0 Å². The Hall–Kier alpha value is -1.57. The van der Waals surface area contributed by atoms with Gasteiger partial charge in [-0.25, -0.2) is 8.78 Å². The molecule has 0 aromatic heterocycles. The maximum absolute atomic E-state index is 13.0. The average molecular weight is 323 g/mol. The molecular weight excluding hydrogens is 314 g/mol. The quantitative estimate of drug-likeness (QED) is 0.525. The highest BCUT2D eigenvalue weighted by Crippen LogP contribution is 2.22. The number of hydrogen-bond acceptors (Lipinski definition) is 3. The lowest BCUT2D eigenvalue weighted by atomic mass is 10.1. The second kappa shape index (κ2) is 5.85. The molecule has 1 aromatic carbocycles. The summed E-state index contributed by atoms with van der Waals surface area (Å²) in [4.78, 5) is 21.4. The highest BCUT2D eigenvalue weighted by Gasteiger charge is 2.24. The summed E-state index contributed by atoms with van der Waals surface area (Å²) in [6.07, 6.45) is 0. The van der Waals surface area contributed by atoms with E-state index in [1.165, 1.54) is 0 Å². The molecule has 18 heavy (non-hydrogen) atoms. The minimum atomic E-state index is -1.37. The van der Waals surface area contributed by atoms with E-state index in [2.05, 4.69) is 21.2 Å². The van der Waals surface area contributed by atoms with E-state index in [1.807, 2.05) is 0 Å². The van der Waals surface area contributed by atoms with Gasteiger partial charge in [0.05, 0.1) is 11.0 Å². The number of benzene rings is 1. The number of hydrogen-bond donors (Lipinski definition) is 1. The lowest BCUT2D eigenvalue weighted by molar-refractivity contribution is -0.385. The van der Waals surface area contributed by atoms with Crippen molar-refractivity contribution in [3.8, 4) is 0 Å². The van der Waals surface area contributed by atoms with Crippen LogP contribution in [0.4, 0.5) is 14.5 Å². The molecule has 1 aromatic rings. The zero-order valence-electron chi connectivity index (χ0n) is 9.25. The Labute approximate surface area is 109 Å². The van der Waals surface area contributed by atoms with E-state index in [1.54, 1.807) is 6.92 Å². The Morgan fingerprint density at radius 1 is 1.50 bits per heavy atom. The van der Waals surface area contributed by atoms with Gasteiger partial charge in [-0.1, -0.05) is 15.9 Å². The predicted molar refractivity (Wildman–Crippen MR) is 63.7 cm³/mol. The zero-order chi connectivity index (χ0) is 13.9. The molecule has 1 rings (SSSR count). The number of rotatable bonds is 4. The first kappa shape index (κ1) is 14.5. The summed E-state index contributed by atoms with van der Waals surface area (Å²) in [5.41, 5.74) is -1.28. The second-order valence-corrected chi connectivity index (χ2v) is 4.22. The first-order valence-corrected chi connectivity index (χ1v) is 5.99. The van der Waals surface area contributed by atoms with E-state index in [-0.39, 0.29) is 6.04 Å². The topological polar surface area (TPSA) is 72.2 Å². The van der Waals surface area contributed by atoms with E-state index in [4.69, 9.17) is 0 Å². The number of halogens is 3. The first-order chi connectivity index (χ1) is 8.36. The molecule has 0 aliphatic rings. The number of nitro benzene ring substituents is 1. The SMILES string of the molecule is CC(CBr)NC(=O)c1cc(F)c(F)cc1[N+](=O)[O-]. The van der Waals surface area contributed by atoms with Crippen LogP contribution in [0, 0.1) is 21.7 Å². The van der Waals surface area contributed by atoms with Gasteiger partial charge in [0.1, 0.15) is 5.56 Å². The maximum Gasteiger partial charge on any atom is 0.285 e. The van der Waals surface area contributed by atoms with Crippen molar-refractivity contribution in [1.82, 2.24) is 5.32 Å². The normalized spacial score (nSPS) is 12.0. The maximum atomic E-state index is 13.0. The van der Waals surface area contributed by atoms with Crippen LogP contribution in [0.5, 0.6) is 0 Å². The van der Waals surface area contributed by atoms with E-state index >= 15 is 0 Å². The molecule has 0 spiro atoms. The van der Waals surface area contributed by atoms with Crippen molar-refractivity contribution >= 4 is 27.5 Å². The van der Waals surface area contributed by atoms with Gasteiger partial charge in [0.2, 0.25) is 0 Å². The number of carbonyl (C=O) groups is 1. The number of alkyl halides is 1. The van der Waals surface area contributed by atoms with Crippen molar-refractivity contribution in [2.45, 2.75) is 13.0 Å². The predicted octanol–water partition coefficient (Wildman–Crippen LogP) is 2.39. The molecule has 0 radical (unpaired) electrons. The molecular formula is C10H9BrF2N2O3. The first-order valence-electron chi connectivity index (χ1n) is 4.87. The van der Waals surface area contributed by atoms with E-state index < -0.39 is 33.7 Å². The van der Waals surface area contributed by atoms with Crippen LogP contribution in [0.2, 0.25) is 0 Å². The average Bonchev–Trinajstić information content (AvgIpc) is 2.31. The monoisotopic (exact) mass is 322 g/mol. The van der Waals surface area contributed by atoms with Crippen LogP contribution < -0.4 is 5.32 Å². The van der Waals surface area contributed by atoms with E-state index in [9.17, 15) is 23.7 Å². The third-order valence-electron chi connectivity index (χ3n) is 2.09. The lowest BCUT2D eigenvalue weighted by Crippen LogP contribution is -2.34. The third-order valence-corrected chi connectivity index (χ3v) is 3.06. The molecule has 0 aliphatic heterocycles. The van der Waals surface area contributed by atoms with Crippen molar-refractivity contribution < 1.29 is 18.5 Å². The standard InChI is InChI=1S/C10H9BrF2N2O3/c1-5(4-11)14-10(16)6-2-7(12)8(13)3-9(6)15(17)18/h2-3,5H,4H2,1H3,(H,14,16). The van der Waals surface area contributed by atoms with Gasteiger partial charge in [0.15, 0.2) is 11.6 Å². The Bertz CT molecular complexity index is 496. The van der Waals surface area contributed by atoms with Gasteiger partial charge < -0.3 is 5.32 Å². The molecule has 1 amide bonds. The fourth-order valence-corrected chi connectivity index (χ4v) is 1.37. The van der Waals surface area contributed by atoms with Gasteiger partial charge in [0.25, 0.3) is 11.6 Å². The molecule has 5 nitrogen and oxygen atoms in total. The molecule has 0 bridgehead atoms. The number of amides is 1. The van der Waals surface area contributed by atoms with Crippen molar-refractivity contribution in [1.29, 1.82) is 0 Å². The van der Waals surface area contributed by atoms with Crippen molar-refractivity contribution in [3.63, 3.8) is 0 Å². The van der Waals surface area contributed by atoms with Gasteiger partial charge in [-0.2, -0.15) is 0 Å². The molecule has 1 atom stereocenters. The summed E-state index contributed by atoms with van der Waals surface area (Å²) >= 11 is 3.11. The second-order valence-electron chi connectivity index (χ2n) is 3.57. The Morgan fingerprint density at radius 2 is 2.06 bits per heavy atom. The fraction of sp³-hybridized carbons (Fsp3) is 0.300. The molecule has 1 unspecified atom stereocenters. The van der Waals surface area contributed by atoms with Gasteiger partial charge in [-0.15, -0.1) is 0 Å². The van der Waals surface area contributed by atoms with Crippen LogP contribution in [0.15, 0.2) is 12.1 Å². The number of nitro groups is 1. The summed E-state index contributed by atoms with van der Waals surface area (Å²) in [5, 5.41) is 13.5. The van der Waals surface area contributed by atoms with Gasteiger partial charge in [0, 0.05) is 11.4 Å².